The van der Waals surface area contributed by atoms with Gasteiger partial charge in [0.2, 0.25) is 0 Å². The number of unbranched alkanes of at least 4 members (excludes halogenated alkanes) is 1. The molecule has 150 valence electrons. The summed E-state index contributed by atoms with van der Waals surface area (Å²) in [6.45, 7) is 14.0. The van der Waals surface area contributed by atoms with Crippen molar-refractivity contribution in [3.8, 4) is 0 Å². The van der Waals surface area contributed by atoms with E-state index in [0.717, 1.165) is 25.0 Å². The van der Waals surface area contributed by atoms with Crippen LogP contribution in [0.25, 0.3) is 0 Å². The molecule has 26 heavy (non-hydrogen) atoms. The Bertz CT molecular complexity index is 474. The zero-order chi connectivity index (χ0) is 19.3. The van der Waals surface area contributed by atoms with Crippen molar-refractivity contribution in [1.29, 1.82) is 0 Å². The quantitative estimate of drug-likeness (QED) is 0.328. The molecular weight excluding hydrogens is 366 g/mol. The van der Waals surface area contributed by atoms with Crippen LogP contribution in [0.1, 0.15) is 25.3 Å². The monoisotopic (exact) mass is 401 g/mol. The normalized spacial score (nSPS) is 12.5. The number of nitrogens with zero attached hydrogens (tertiary/aromatic N) is 1. The van der Waals surface area contributed by atoms with Gasteiger partial charge in [-0.2, -0.15) is 0 Å². The molecule has 1 heterocycles. The Hall–Kier alpha value is -0.616. The van der Waals surface area contributed by atoms with Gasteiger partial charge in [-0.25, -0.2) is 0 Å². The van der Waals surface area contributed by atoms with Gasteiger partial charge in [-0.3, -0.25) is 4.98 Å². The minimum absolute atomic E-state index is 0.513. The maximum absolute atomic E-state index is 6.25. The molecule has 1 rings (SSSR count). The number of aromatic nitrogens is 1. The van der Waals surface area contributed by atoms with Crippen molar-refractivity contribution in [2.45, 2.75) is 52.6 Å². The highest BCUT2D eigenvalue weighted by Gasteiger charge is 2.36. The van der Waals surface area contributed by atoms with Gasteiger partial charge in [-0.15, -0.1) is 0 Å². The summed E-state index contributed by atoms with van der Waals surface area (Å²) in [6, 6.07) is 3.91. The number of ether oxygens (including phenoxy) is 2. The molecule has 0 aliphatic heterocycles. The second kappa shape index (κ2) is 12.7. The zero-order valence-corrected chi connectivity index (χ0v) is 19.0. The van der Waals surface area contributed by atoms with Crippen LogP contribution in [-0.4, -0.2) is 55.1 Å². The van der Waals surface area contributed by atoms with Crippen molar-refractivity contribution in [3.63, 3.8) is 0 Å². The van der Waals surface area contributed by atoms with E-state index in [-0.39, 0.29) is 0 Å². The van der Waals surface area contributed by atoms with E-state index in [9.17, 15) is 0 Å². The first-order valence-electron chi connectivity index (χ1n) is 9.37. The van der Waals surface area contributed by atoms with Crippen LogP contribution >= 0.6 is 0 Å². The van der Waals surface area contributed by atoms with Crippen molar-refractivity contribution in [1.82, 2.24) is 4.98 Å². The van der Waals surface area contributed by atoms with Gasteiger partial charge in [0.05, 0.1) is 33.0 Å². The lowest BCUT2D eigenvalue weighted by Crippen LogP contribution is -2.48. The average molecular weight is 402 g/mol. The zero-order valence-electron chi connectivity index (χ0n) is 17.0. The third-order valence-electron chi connectivity index (χ3n) is 3.49. The van der Waals surface area contributed by atoms with E-state index in [2.05, 4.69) is 11.9 Å². The summed E-state index contributed by atoms with van der Waals surface area (Å²) >= 11 is 0. The van der Waals surface area contributed by atoms with Crippen LogP contribution in [0.5, 0.6) is 0 Å². The molecule has 0 saturated carbocycles. The Kier molecular flexibility index (Phi) is 11.5. The fourth-order valence-electron chi connectivity index (χ4n) is 2.31. The van der Waals surface area contributed by atoms with Crippen LogP contribution in [0, 0.1) is 0 Å². The topological polar surface area (TPSA) is 59.0 Å². The summed E-state index contributed by atoms with van der Waals surface area (Å²) in [4.78, 5) is 4.10. The van der Waals surface area contributed by atoms with E-state index in [1.54, 1.807) is 6.20 Å². The second-order valence-electron chi connectivity index (χ2n) is 6.98. The first-order valence-corrected chi connectivity index (χ1v) is 15.0. The van der Waals surface area contributed by atoms with Gasteiger partial charge in [-0.05, 0) is 44.2 Å². The maximum Gasteiger partial charge on any atom is 0.323 e. The van der Waals surface area contributed by atoms with Crippen molar-refractivity contribution >= 4 is 17.1 Å². The Morgan fingerprint density at radius 2 is 1.54 bits per heavy atom. The molecule has 0 spiro atoms. The van der Waals surface area contributed by atoms with Crippen molar-refractivity contribution in [2.24, 2.45) is 0 Å². The predicted molar refractivity (Wildman–Crippen MR) is 108 cm³/mol. The van der Waals surface area contributed by atoms with Gasteiger partial charge in [0.25, 0.3) is 0 Å². The molecule has 1 aromatic heterocycles. The van der Waals surface area contributed by atoms with Gasteiger partial charge >= 0.3 is 17.1 Å². The Labute approximate surface area is 160 Å². The van der Waals surface area contributed by atoms with Gasteiger partial charge < -0.3 is 22.4 Å². The fraction of sp³-hybridized carbons (Fsp3) is 0.722. The minimum atomic E-state index is -2.27. The molecule has 0 fully saturated rings. The molecule has 0 aliphatic carbocycles. The van der Waals surface area contributed by atoms with Gasteiger partial charge in [0.1, 0.15) is 0 Å². The molecule has 0 atom stereocenters. The summed E-state index contributed by atoms with van der Waals surface area (Å²) in [5, 5.41) is 0. The first-order chi connectivity index (χ1) is 12.3. The van der Waals surface area contributed by atoms with Crippen LogP contribution in [0.3, 0.4) is 0 Å². The molecule has 0 saturated heterocycles. The maximum atomic E-state index is 6.25. The van der Waals surface area contributed by atoms with Crippen LogP contribution in [-0.2, 0) is 29.0 Å². The third-order valence-corrected chi connectivity index (χ3v) is 9.16. The fourth-order valence-corrected chi connectivity index (χ4v) is 8.60. The predicted octanol–water partition coefficient (Wildman–Crippen LogP) is 3.87. The molecule has 8 heteroatoms. The van der Waals surface area contributed by atoms with Crippen molar-refractivity contribution in [3.05, 3.63) is 30.1 Å². The van der Waals surface area contributed by atoms with Crippen LogP contribution in [0.2, 0.25) is 26.2 Å². The molecule has 0 amide bonds. The lowest BCUT2D eigenvalue weighted by molar-refractivity contribution is 0.0316. The standard InChI is InChI=1S/C18H35NO5Si2/c1-6-7-11-20-12-13-21-14-15-22-25(2,3)24-26(4,5)23-17-18-9-8-10-19-16-18/h8-10,16H,6-7,11-15,17H2,1-5H3. The SMILES string of the molecule is CCCCOCCOCCO[Si](C)(C)O[Si](C)(C)OCc1cccnc1. The smallest absolute Gasteiger partial charge is 0.323 e. The summed E-state index contributed by atoms with van der Waals surface area (Å²) in [5.41, 5.74) is 1.05. The molecule has 0 bridgehead atoms. The Balaban J connectivity index is 2.16. The van der Waals surface area contributed by atoms with Gasteiger partial charge in [-0.1, -0.05) is 19.4 Å². The molecule has 1 aromatic rings. The van der Waals surface area contributed by atoms with E-state index >= 15 is 0 Å². The second-order valence-corrected chi connectivity index (χ2v) is 14.0. The van der Waals surface area contributed by atoms with Crippen LogP contribution < -0.4 is 0 Å². The Morgan fingerprint density at radius 3 is 2.19 bits per heavy atom. The van der Waals surface area contributed by atoms with E-state index in [4.69, 9.17) is 22.4 Å². The van der Waals surface area contributed by atoms with E-state index in [0.29, 0.717) is 33.0 Å². The molecule has 6 nitrogen and oxygen atoms in total. The first kappa shape index (κ1) is 23.4. The highest BCUT2D eigenvalue weighted by molar-refractivity contribution is 6.78. The summed E-state index contributed by atoms with van der Waals surface area (Å²) in [6.07, 6.45) is 5.82. The third kappa shape index (κ3) is 11.9. The largest absolute Gasteiger partial charge is 0.415 e. The van der Waals surface area contributed by atoms with Crippen molar-refractivity contribution in [2.75, 3.05) is 33.0 Å². The number of hydrogen-bond acceptors (Lipinski definition) is 6. The molecular formula is C18H35NO5Si2. The van der Waals surface area contributed by atoms with E-state index in [1.165, 1.54) is 0 Å². The summed E-state index contributed by atoms with van der Waals surface area (Å²) < 4.78 is 29.2. The lowest BCUT2D eigenvalue weighted by Gasteiger charge is -2.32. The van der Waals surface area contributed by atoms with Crippen LogP contribution in [0.4, 0.5) is 0 Å². The number of rotatable bonds is 15. The number of hydrogen-bond donors (Lipinski definition) is 0. The molecule has 0 N–H and O–H groups in total. The minimum Gasteiger partial charge on any atom is -0.415 e. The highest BCUT2D eigenvalue weighted by Crippen LogP contribution is 2.18. The van der Waals surface area contributed by atoms with Crippen LogP contribution in [0.15, 0.2) is 24.5 Å². The van der Waals surface area contributed by atoms with E-state index in [1.807, 2.05) is 44.5 Å². The van der Waals surface area contributed by atoms with Crippen molar-refractivity contribution < 1.29 is 22.4 Å². The molecule has 0 radical (unpaired) electrons. The van der Waals surface area contributed by atoms with Gasteiger partial charge in [0, 0.05) is 19.0 Å². The lowest BCUT2D eigenvalue weighted by atomic mass is 10.3. The average Bonchev–Trinajstić information content (AvgIpc) is 2.59. The molecule has 0 aliphatic rings. The molecule has 0 aromatic carbocycles. The molecule has 0 unspecified atom stereocenters. The van der Waals surface area contributed by atoms with Gasteiger partial charge in [0.15, 0.2) is 0 Å². The summed E-state index contributed by atoms with van der Waals surface area (Å²) in [7, 11) is -4.52. The Morgan fingerprint density at radius 1 is 0.885 bits per heavy atom. The summed E-state index contributed by atoms with van der Waals surface area (Å²) in [5.74, 6) is 0. The number of pyridine rings is 1. The van der Waals surface area contributed by atoms with E-state index < -0.39 is 17.1 Å². The highest BCUT2D eigenvalue weighted by atomic mass is 28.5.